The highest BCUT2D eigenvalue weighted by atomic mass is 16.7. The Balaban J connectivity index is 1.88. The number of carbonyl (C=O) groups excluding carboxylic acids is 1. The maximum Gasteiger partial charge on any atom is 0.359 e. The lowest BCUT2D eigenvalue weighted by Crippen LogP contribution is -2.37. The van der Waals surface area contributed by atoms with Crippen LogP contribution < -0.4 is 0 Å². The van der Waals surface area contributed by atoms with Crippen molar-refractivity contribution in [3.63, 3.8) is 0 Å². The third-order valence-corrected chi connectivity index (χ3v) is 3.44. The fourth-order valence-electron chi connectivity index (χ4n) is 2.58. The van der Waals surface area contributed by atoms with Gasteiger partial charge in [0.15, 0.2) is 11.5 Å². The maximum absolute atomic E-state index is 11.8. The summed E-state index contributed by atoms with van der Waals surface area (Å²) in [5.74, 6) is -0.942. The van der Waals surface area contributed by atoms with Crippen molar-refractivity contribution in [3.05, 3.63) is 17.0 Å². The molecule has 2 aliphatic rings. The van der Waals surface area contributed by atoms with Crippen molar-refractivity contribution in [3.8, 4) is 0 Å². The van der Waals surface area contributed by atoms with E-state index in [1.165, 1.54) is 0 Å². The van der Waals surface area contributed by atoms with Gasteiger partial charge in [-0.3, -0.25) is 5.10 Å². The number of ether oxygens (including phenoxy) is 3. The van der Waals surface area contributed by atoms with Gasteiger partial charge >= 0.3 is 5.97 Å². The Morgan fingerprint density at radius 2 is 2.28 bits per heavy atom. The minimum atomic E-state index is -0.557. The van der Waals surface area contributed by atoms with Crippen LogP contribution in [-0.2, 0) is 27.1 Å². The molecule has 0 amide bonds. The SMILES string of the molecule is CCOC(=O)c1n[nH]c2c1CC1(CC2)OCCO1. The van der Waals surface area contributed by atoms with Crippen molar-refractivity contribution < 1.29 is 19.0 Å². The van der Waals surface area contributed by atoms with Crippen molar-refractivity contribution in [2.45, 2.75) is 32.0 Å². The lowest BCUT2D eigenvalue weighted by molar-refractivity contribution is -0.163. The van der Waals surface area contributed by atoms with Crippen LogP contribution in [-0.4, -0.2) is 41.8 Å². The summed E-state index contributed by atoms with van der Waals surface area (Å²) in [4.78, 5) is 11.8. The Bertz CT molecular complexity index is 463. The fourth-order valence-corrected chi connectivity index (χ4v) is 2.58. The lowest BCUT2D eigenvalue weighted by Gasteiger charge is -2.31. The molecule has 1 fully saturated rings. The molecule has 6 heteroatoms. The summed E-state index contributed by atoms with van der Waals surface area (Å²) in [6.07, 6.45) is 2.14. The van der Waals surface area contributed by atoms with Gasteiger partial charge in [0.1, 0.15) is 0 Å². The molecular formula is C12H16N2O4. The quantitative estimate of drug-likeness (QED) is 0.789. The van der Waals surface area contributed by atoms with E-state index in [9.17, 15) is 4.79 Å². The van der Waals surface area contributed by atoms with E-state index in [-0.39, 0.29) is 5.97 Å². The summed E-state index contributed by atoms with van der Waals surface area (Å²) in [5, 5.41) is 6.97. The monoisotopic (exact) mass is 252 g/mol. The smallest absolute Gasteiger partial charge is 0.359 e. The highest BCUT2D eigenvalue weighted by molar-refractivity contribution is 5.89. The average molecular weight is 252 g/mol. The second-order valence-electron chi connectivity index (χ2n) is 4.53. The maximum atomic E-state index is 11.8. The zero-order valence-corrected chi connectivity index (χ0v) is 10.3. The van der Waals surface area contributed by atoms with Gasteiger partial charge in [0.2, 0.25) is 0 Å². The number of rotatable bonds is 2. The molecule has 6 nitrogen and oxygen atoms in total. The van der Waals surface area contributed by atoms with E-state index in [2.05, 4.69) is 10.2 Å². The molecule has 98 valence electrons. The third kappa shape index (κ3) is 1.81. The Morgan fingerprint density at radius 3 is 3.00 bits per heavy atom. The van der Waals surface area contributed by atoms with Crippen LogP contribution in [0.25, 0.3) is 0 Å². The first-order valence-corrected chi connectivity index (χ1v) is 6.25. The number of aromatic amines is 1. The molecule has 1 aliphatic carbocycles. The van der Waals surface area contributed by atoms with Gasteiger partial charge in [-0.25, -0.2) is 4.79 Å². The third-order valence-electron chi connectivity index (χ3n) is 3.44. The molecule has 0 saturated carbocycles. The molecule has 18 heavy (non-hydrogen) atoms. The van der Waals surface area contributed by atoms with E-state index in [0.29, 0.717) is 31.9 Å². The normalized spacial score (nSPS) is 20.9. The molecule has 1 saturated heterocycles. The first-order valence-electron chi connectivity index (χ1n) is 6.25. The van der Waals surface area contributed by atoms with Crippen LogP contribution in [0.2, 0.25) is 0 Å². The van der Waals surface area contributed by atoms with Gasteiger partial charge in [0.05, 0.1) is 19.8 Å². The first-order chi connectivity index (χ1) is 8.74. The van der Waals surface area contributed by atoms with Crippen LogP contribution in [0.5, 0.6) is 0 Å². The Hall–Kier alpha value is -1.40. The lowest BCUT2D eigenvalue weighted by atomic mass is 9.90. The van der Waals surface area contributed by atoms with Gasteiger partial charge in [-0.05, 0) is 13.3 Å². The molecule has 1 aliphatic heterocycles. The molecule has 1 aromatic heterocycles. The molecule has 1 N–H and O–H groups in total. The topological polar surface area (TPSA) is 73.4 Å². The van der Waals surface area contributed by atoms with Crippen molar-refractivity contribution in [1.82, 2.24) is 10.2 Å². The largest absolute Gasteiger partial charge is 0.461 e. The minimum absolute atomic E-state index is 0.346. The van der Waals surface area contributed by atoms with E-state index in [1.54, 1.807) is 6.92 Å². The summed E-state index contributed by atoms with van der Waals surface area (Å²) in [6, 6.07) is 0. The molecular weight excluding hydrogens is 236 g/mol. The first kappa shape index (κ1) is 11.7. The number of nitrogens with one attached hydrogen (secondary N) is 1. The van der Waals surface area contributed by atoms with E-state index in [4.69, 9.17) is 14.2 Å². The van der Waals surface area contributed by atoms with Gasteiger partial charge in [0, 0.05) is 24.1 Å². The highest BCUT2D eigenvalue weighted by Crippen LogP contribution is 2.35. The second-order valence-corrected chi connectivity index (χ2v) is 4.53. The van der Waals surface area contributed by atoms with Crippen LogP contribution in [0.15, 0.2) is 0 Å². The Kier molecular flexibility index (Phi) is 2.83. The number of hydrogen-bond donors (Lipinski definition) is 1. The molecule has 0 unspecified atom stereocenters. The fraction of sp³-hybridized carbons (Fsp3) is 0.667. The van der Waals surface area contributed by atoms with Crippen LogP contribution >= 0.6 is 0 Å². The summed E-state index contributed by atoms with van der Waals surface area (Å²) >= 11 is 0. The van der Waals surface area contributed by atoms with Gasteiger partial charge in [-0.15, -0.1) is 0 Å². The number of aromatic nitrogens is 2. The van der Waals surface area contributed by atoms with E-state index in [1.807, 2.05) is 0 Å². The Labute approximate surface area is 105 Å². The molecule has 0 atom stereocenters. The predicted molar refractivity (Wildman–Crippen MR) is 61.2 cm³/mol. The van der Waals surface area contributed by atoms with Gasteiger partial charge < -0.3 is 14.2 Å². The standard InChI is InChI=1S/C12H16N2O4/c1-2-16-11(15)10-8-7-12(17-5-6-18-12)4-3-9(8)13-14-10/h2-7H2,1H3,(H,13,14). The number of esters is 1. The summed E-state index contributed by atoms with van der Waals surface area (Å²) in [6.45, 7) is 3.35. The van der Waals surface area contributed by atoms with Gasteiger partial charge in [0.25, 0.3) is 0 Å². The number of nitrogens with zero attached hydrogens (tertiary/aromatic N) is 1. The molecule has 0 aromatic carbocycles. The van der Waals surface area contributed by atoms with Crippen LogP contribution in [0.3, 0.4) is 0 Å². The van der Waals surface area contributed by atoms with Gasteiger partial charge in [-0.2, -0.15) is 5.10 Å². The molecule has 0 radical (unpaired) electrons. The summed E-state index contributed by atoms with van der Waals surface area (Å²) in [5.41, 5.74) is 2.23. The average Bonchev–Trinajstić information content (AvgIpc) is 2.97. The predicted octanol–water partition coefficient (Wildman–Crippen LogP) is 0.818. The number of carbonyl (C=O) groups is 1. The van der Waals surface area contributed by atoms with E-state index >= 15 is 0 Å². The van der Waals surface area contributed by atoms with Gasteiger partial charge in [-0.1, -0.05) is 0 Å². The van der Waals surface area contributed by atoms with Crippen LogP contribution in [0.1, 0.15) is 35.1 Å². The molecule has 1 spiro atoms. The molecule has 1 aromatic rings. The minimum Gasteiger partial charge on any atom is -0.461 e. The number of fused-ring (bicyclic) bond motifs is 1. The molecule has 3 rings (SSSR count). The van der Waals surface area contributed by atoms with Crippen molar-refractivity contribution in [2.75, 3.05) is 19.8 Å². The Morgan fingerprint density at radius 1 is 1.50 bits per heavy atom. The number of hydrogen-bond acceptors (Lipinski definition) is 5. The van der Waals surface area contributed by atoms with E-state index in [0.717, 1.165) is 24.1 Å². The summed E-state index contributed by atoms with van der Waals surface area (Å²) in [7, 11) is 0. The molecule has 2 heterocycles. The van der Waals surface area contributed by atoms with Crippen molar-refractivity contribution in [1.29, 1.82) is 0 Å². The van der Waals surface area contributed by atoms with Crippen LogP contribution in [0.4, 0.5) is 0 Å². The zero-order chi connectivity index (χ0) is 12.6. The van der Waals surface area contributed by atoms with Crippen LogP contribution in [0, 0.1) is 0 Å². The zero-order valence-electron chi connectivity index (χ0n) is 10.3. The highest BCUT2D eigenvalue weighted by Gasteiger charge is 2.42. The van der Waals surface area contributed by atoms with E-state index < -0.39 is 5.79 Å². The molecule has 0 bridgehead atoms. The summed E-state index contributed by atoms with van der Waals surface area (Å²) < 4.78 is 16.4. The number of aryl methyl sites for hydroxylation is 1. The number of H-pyrrole nitrogens is 1. The van der Waals surface area contributed by atoms with Crippen molar-refractivity contribution in [2.24, 2.45) is 0 Å². The second kappa shape index (κ2) is 4.37. The van der Waals surface area contributed by atoms with Crippen molar-refractivity contribution >= 4 is 5.97 Å².